The van der Waals surface area contributed by atoms with E-state index in [1.807, 2.05) is 0 Å². The number of carbonyl (C=O) groups is 1. The van der Waals surface area contributed by atoms with Crippen LogP contribution in [0.4, 0.5) is 8.78 Å². The zero-order chi connectivity index (χ0) is 14.0. The summed E-state index contributed by atoms with van der Waals surface area (Å²) in [6.45, 7) is 5.11. The first-order chi connectivity index (χ1) is 8.99. The van der Waals surface area contributed by atoms with Gasteiger partial charge in [0.05, 0.1) is 0 Å². The van der Waals surface area contributed by atoms with Gasteiger partial charge in [-0.15, -0.1) is 0 Å². The zero-order valence-corrected chi connectivity index (χ0v) is 11.1. The summed E-state index contributed by atoms with van der Waals surface area (Å²) < 4.78 is 27.4. The summed E-state index contributed by atoms with van der Waals surface area (Å²) in [5.74, 6) is -1.85. The highest BCUT2D eigenvalue weighted by Gasteiger charge is 2.24. The zero-order valence-electron chi connectivity index (χ0n) is 11.1. The van der Waals surface area contributed by atoms with Crippen LogP contribution < -0.4 is 10.6 Å². The number of piperidine rings is 1. The molecule has 0 bridgehead atoms. The average molecular weight is 268 g/mol. The van der Waals surface area contributed by atoms with E-state index in [9.17, 15) is 13.6 Å². The van der Waals surface area contributed by atoms with Crippen LogP contribution in [-0.4, -0.2) is 25.0 Å². The summed E-state index contributed by atoms with van der Waals surface area (Å²) >= 11 is 0. The van der Waals surface area contributed by atoms with Crippen molar-refractivity contribution >= 4 is 5.91 Å². The van der Waals surface area contributed by atoms with Gasteiger partial charge in [0.25, 0.3) is 5.91 Å². The minimum absolute atomic E-state index is 0.0874. The molecule has 2 unspecified atom stereocenters. The lowest BCUT2D eigenvalue weighted by molar-refractivity contribution is 0.0916. The Labute approximate surface area is 111 Å². The molecular formula is C14H18F2N2O. The fourth-order valence-electron chi connectivity index (χ4n) is 2.39. The number of hydrogen-bond acceptors (Lipinski definition) is 2. The van der Waals surface area contributed by atoms with E-state index in [0.717, 1.165) is 19.0 Å². The Morgan fingerprint density at radius 3 is 2.79 bits per heavy atom. The molecule has 1 fully saturated rings. The first-order valence-electron chi connectivity index (χ1n) is 6.45. The standard InChI is InChI=1S/C14H18F2N2O/c1-8-5-10(7-17-6-8)18-14(19)12-11(15)4-3-9(2)13(12)16/h3-4,8,10,17H,5-7H2,1-2H3,(H,18,19). The minimum atomic E-state index is -0.822. The van der Waals surface area contributed by atoms with Gasteiger partial charge < -0.3 is 10.6 Å². The number of nitrogens with one attached hydrogen (secondary N) is 2. The van der Waals surface area contributed by atoms with E-state index in [4.69, 9.17) is 0 Å². The lowest BCUT2D eigenvalue weighted by Gasteiger charge is -2.28. The van der Waals surface area contributed by atoms with Gasteiger partial charge >= 0.3 is 0 Å². The topological polar surface area (TPSA) is 41.1 Å². The quantitative estimate of drug-likeness (QED) is 0.861. The highest BCUT2D eigenvalue weighted by Crippen LogP contribution is 2.17. The predicted molar refractivity (Wildman–Crippen MR) is 69.0 cm³/mol. The Bertz CT molecular complexity index is 491. The van der Waals surface area contributed by atoms with Gasteiger partial charge in [0.15, 0.2) is 0 Å². The van der Waals surface area contributed by atoms with Gasteiger partial charge in [0.1, 0.15) is 17.2 Å². The Morgan fingerprint density at radius 2 is 2.11 bits per heavy atom. The fraction of sp³-hybridized carbons (Fsp3) is 0.500. The Morgan fingerprint density at radius 1 is 1.37 bits per heavy atom. The fourth-order valence-corrected chi connectivity index (χ4v) is 2.39. The number of halogens is 2. The van der Waals surface area contributed by atoms with Crippen LogP contribution in [-0.2, 0) is 0 Å². The largest absolute Gasteiger partial charge is 0.348 e. The highest BCUT2D eigenvalue weighted by molar-refractivity contribution is 5.95. The number of amides is 1. The molecule has 1 saturated heterocycles. The Balaban J connectivity index is 2.14. The van der Waals surface area contributed by atoms with Crippen molar-refractivity contribution in [3.8, 4) is 0 Å². The molecule has 1 aromatic rings. The summed E-state index contributed by atoms with van der Waals surface area (Å²) in [7, 11) is 0. The smallest absolute Gasteiger partial charge is 0.257 e. The Kier molecular flexibility index (Phi) is 4.14. The molecule has 0 spiro atoms. The van der Waals surface area contributed by atoms with Crippen LogP contribution in [0, 0.1) is 24.5 Å². The molecule has 5 heteroatoms. The molecule has 1 aromatic carbocycles. The van der Waals surface area contributed by atoms with Gasteiger partial charge in [-0.3, -0.25) is 4.79 Å². The van der Waals surface area contributed by atoms with E-state index in [2.05, 4.69) is 17.6 Å². The van der Waals surface area contributed by atoms with Gasteiger partial charge in [-0.05, 0) is 37.4 Å². The molecule has 0 saturated carbocycles. The lowest BCUT2D eigenvalue weighted by Crippen LogP contribution is -2.48. The van der Waals surface area contributed by atoms with Crippen LogP contribution in [0.1, 0.15) is 29.3 Å². The van der Waals surface area contributed by atoms with Crippen LogP contribution in [0.5, 0.6) is 0 Å². The molecule has 2 rings (SSSR count). The van der Waals surface area contributed by atoms with E-state index in [-0.39, 0.29) is 11.6 Å². The molecule has 0 radical (unpaired) electrons. The van der Waals surface area contributed by atoms with Crippen molar-refractivity contribution in [2.24, 2.45) is 5.92 Å². The SMILES string of the molecule is Cc1ccc(F)c(C(=O)NC2CNCC(C)C2)c1F. The maximum Gasteiger partial charge on any atom is 0.257 e. The summed E-state index contributed by atoms with van der Waals surface area (Å²) in [6, 6.07) is 2.36. The van der Waals surface area contributed by atoms with E-state index >= 15 is 0 Å². The van der Waals surface area contributed by atoms with Gasteiger partial charge in [0, 0.05) is 12.6 Å². The third-order valence-electron chi connectivity index (χ3n) is 3.42. The van der Waals surface area contributed by atoms with E-state index in [0.29, 0.717) is 12.5 Å². The first-order valence-corrected chi connectivity index (χ1v) is 6.45. The maximum absolute atomic E-state index is 13.8. The van der Waals surface area contributed by atoms with Crippen LogP contribution in [0.3, 0.4) is 0 Å². The molecular weight excluding hydrogens is 250 g/mol. The van der Waals surface area contributed by atoms with Crippen molar-refractivity contribution in [1.29, 1.82) is 0 Å². The van der Waals surface area contributed by atoms with Crippen molar-refractivity contribution < 1.29 is 13.6 Å². The number of benzene rings is 1. The molecule has 0 aliphatic carbocycles. The van der Waals surface area contributed by atoms with Crippen molar-refractivity contribution in [2.45, 2.75) is 26.3 Å². The van der Waals surface area contributed by atoms with Gasteiger partial charge in [-0.1, -0.05) is 13.0 Å². The molecule has 2 N–H and O–H groups in total. The van der Waals surface area contributed by atoms with Crippen molar-refractivity contribution in [1.82, 2.24) is 10.6 Å². The monoisotopic (exact) mass is 268 g/mol. The molecule has 19 heavy (non-hydrogen) atoms. The first kappa shape index (κ1) is 13.9. The van der Waals surface area contributed by atoms with Crippen molar-refractivity contribution in [3.63, 3.8) is 0 Å². The molecule has 1 aliphatic rings. The molecule has 104 valence electrons. The third kappa shape index (κ3) is 3.10. The molecule has 1 amide bonds. The second-order valence-electron chi connectivity index (χ2n) is 5.22. The van der Waals surface area contributed by atoms with Gasteiger partial charge in [-0.25, -0.2) is 8.78 Å². The summed E-state index contributed by atoms with van der Waals surface area (Å²) in [5, 5.41) is 5.87. The molecule has 1 heterocycles. The maximum atomic E-state index is 13.8. The van der Waals surface area contributed by atoms with Crippen LogP contribution >= 0.6 is 0 Å². The highest BCUT2D eigenvalue weighted by atomic mass is 19.1. The van der Waals surface area contributed by atoms with E-state index in [1.54, 1.807) is 0 Å². The van der Waals surface area contributed by atoms with Crippen LogP contribution in [0.2, 0.25) is 0 Å². The third-order valence-corrected chi connectivity index (χ3v) is 3.42. The number of hydrogen-bond donors (Lipinski definition) is 2. The summed E-state index contributed by atoms with van der Waals surface area (Å²) in [4.78, 5) is 12.0. The number of carbonyl (C=O) groups excluding carboxylic acids is 1. The second-order valence-corrected chi connectivity index (χ2v) is 5.22. The predicted octanol–water partition coefficient (Wildman–Crippen LogP) is 2.00. The van der Waals surface area contributed by atoms with Crippen LogP contribution in [0.25, 0.3) is 0 Å². The van der Waals surface area contributed by atoms with E-state index in [1.165, 1.54) is 13.0 Å². The molecule has 2 atom stereocenters. The summed E-state index contributed by atoms with van der Waals surface area (Å²) in [6.07, 6.45) is 0.813. The summed E-state index contributed by atoms with van der Waals surface area (Å²) in [5.41, 5.74) is -0.222. The van der Waals surface area contributed by atoms with Crippen molar-refractivity contribution in [3.05, 3.63) is 34.9 Å². The number of rotatable bonds is 2. The van der Waals surface area contributed by atoms with Crippen molar-refractivity contribution in [2.75, 3.05) is 13.1 Å². The number of aryl methyl sites for hydroxylation is 1. The van der Waals surface area contributed by atoms with Gasteiger partial charge in [0.2, 0.25) is 0 Å². The van der Waals surface area contributed by atoms with Crippen LogP contribution in [0.15, 0.2) is 12.1 Å². The van der Waals surface area contributed by atoms with E-state index < -0.39 is 23.1 Å². The minimum Gasteiger partial charge on any atom is -0.348 e. The van der Waals surface area contributed by atoms with Gasteiger partial charge in [-0.2, -0.15) is 0 Å². The lowest BCUT2D eigenvalue weighted by atomic mass is 9.97. The Hall–Kier alpha value is -1.49. The molecule has 3 nitrogen and oxygen atoms in total. The second kappa shape index (κ2) is 5.65. The molecule has 1 aliphatic heterocycles. The normalized spacial score (nSPS) is 23.2. The molecule has 0 aromatic heterocycles. The average Bonchev–Trinajstić information content (AvgIpc) is 2.34.